The fraction of sp³-hybridized carbons (Fsp3) is 0.500. The maximum atomic E-state index is 6.00. The van der Waals surface area contributed by atoms with Gasteiger partial charge in [0.15, 0.2) is 0 Å². The average molecular weight is 295 g/mol. The predicted molar refractivity (Wildman–Crippen MR) is 69.0 cm³/mol. The van der Waals surface area contributed by atoms with E-state index in [4.69, 9.17) is 11.5 Å². The molecule has 0 bridgehead atoms. The lowest BCUT2D eigenvalue weighted by Gasteiger charge is -2.11. The van der Waals surface area contributed by atoms with E-state index in [-0.39, 0.29) is 18.4 Å². The Morgan fingerprint density at radius 3 is 2.67 bits per heavy atom. The molecule has 1 atom stereocenters. The Bertz CT molecular complexity index is 283. The summed E-state index contributed by atoms with van der Waals surface area (Å²) >= 11 is 3.37. The molecule has 0 spiro atoms. The van der Waals surface area contributed by atoms with Crippen LogP contribution in [0.5, 0.6) is 0 Å². The van der Waals surface area contributed by atoms with Crippen molar-refractivity contribution in [2.45, 2.75) is 25.3 Å². The van der Waals surface area contributed by atoms with Gasteiger partial charge in [0, 0.05) is 22.9 Å². The molecule has 0 fully saturated rings. The zero-order chi connectivity index (χ0) is 10.4. The van der Waals surface area contributed by atoms with Crippen molar-refractivity contribution < 1.29 is 0 Å². The van der Waals surface area contributed by atoms with Gasteiger partial charge in [0.25, 0.3) is 0 Å². The quantitative estimate of drug-likeness (QED) is 0.820. The monoisotopic (exact) mass is 293 g/mol. The summed E-state index contributed by atoms with van der Waals surface area (Å²) in [7, 11) is 0. The molecular formula is C10H17BrClN3. The molecule has 1 rings (SSSR count). The normalized spacial score (nSPS) is 11.9. The number of unbranched alkanes of at least 4 members (excludes halogenated alkanes) is 1. The van der Waals surface area contributed by atoms with Gasteiger partial charge in [0.2, 0.25) is 0 Å². The molecule has 0 unspecified atom stereocenters. The number of rotatable bonds is 5. The molecule has 0 aliphatic heterocycles. The van der Waals surface area contributed by atoms with Crippen LogP contribution in [0.25, 0.3) is 0 Å². The van der Waals surface area contributed by atoms with Crippen molar-refractivity contribution in [3.63, 3.8) is 0 Å². The van der Waals surface area contributed by atoms with Crippen molar-refractivity contribution in [2.75, 3.05) is 6.54 Å². The van der Waals surface area contributed by atoms with Crippen LogP contribution in [-0.4, -0.2) is 11.5 Å². The summed E-state index contributed by atoms with van der Waals surface area (Å²) in [5.41, 5.74) is 12.5. The van der Waals surface area contributed by atoms with Gasteiger partial charge in [-0.3, -0.25) is 4.98 Å². The van der Waals surface area contributed by atoms with Crippen LogP contribution >= 0.6 is 28.3 Å². The molecule has 0 aliphatic rings. The fourth-order valence-electron chi connectivity index (χ4n) is 1.31. The molecule has 1 heterocycles. The number of aromatic nitrogens is 1. The third-order valence-electron chi connectivity index (χ3n) is 2.12. The van der Waals surface area contributed by atoms with Gasteiger partial charge in [-0.05, 0) is 46.9 Å². The Balaban J connectivity index is 0.00000196. The van der Waals surface area contributed by atoms with Crippen LogP contribution in [0, 0.1) is 0 Å². The maximum Gasteiger partial charge on any atom is 0.0410 e. The first-order valence-corrected chi connectivity index (χ1v) is 5.59. The Kier molecular flexibility index (Phi) is 7.96. The number of nitrogens with zero attached hydrogens (tertiary/aromatic N) is 1. The van der Waals surface area contributed by atoms with Gasteiger partial charge in [-0.15, -0.1) is 12.4 Å². The van der Waals surface area contributed by atoms with E-state index in [1.54, 1.807) is 6.20 Å². The van der Waals surface area contributed by atoms with Crippen LogP contribution in [0.15, 0.2) is 22.9 Å². The molecule has 4 N–H and O–H groups in total. The van der Waals surface area contributed by atoms with E-state index in [0.717, 1.165) is 35.8 Å². The highest BCUT2D eigenvalue weighted by molar-refractivity contribution is 9.10. The van der Waals surface area contributed by atoms with E-state index in [2.05, 4.69) is 20.9 Å². The summed E-state index contributed by atoms with van der Waals surface area (Å²) in [5, 5.41) is 0. The van der Waals surface area contributed by atoms with E-state index in [1.165, 1.54) is 0 Å². The SMILES string of the molecule is Cl.NCCCC[C@H](N)c1cncc(Br)c1. The van der Waals surface area contributed by atoms with Crippen molar-refractivity contribution in [2.24, 2.45) is 11.5 Å². The molecule has 0 saturated carbocycles. The summed E-state index contributed by atoms with van der Waals surface area (Å²) in [6, 6.07) is 2.09. The maximum absolute atomic E-state index is 6.00. The van der Waals surface area contributed by atoms with Crippen LogP contribution in [0.4, 0.5) is 0 Å². The van der Waals surface area contributed by atoms with Crippen LogP contribution in [0.3, 0.4) is 0 Å². The molecule has 5 heteroatoms. The van der Waals surface area contributed by atoms with Gasteiger partial charge in [-0.25, -0.2) is 0 Å². The van der Waals surface area contributed by atoms with Crippen molar-refractivity contribution >= 4 is 28.3 Å². The van der Waals surface area contributed by atoms with Crippen LogP contribution < -0.4 is 11.5 Å². The Labute approximate surface area is 105 Å². The molecule has 0 radical (unpaired) electrons. The van der Waals surface area contributed by atoms with E-state index in [0.29, 0.717) is 0 Å². The topological polar surface area (TPSA) is 64.9 Å². The molecule has 1 aromatic heterocycles. The summed E-state index contributed by atoms with van der Waals surface area (Å²) in [4.78, 5) is 4.08. The predicted octanol–water partition coefficient (Wildman–Crippen LogP) is 2.39. The smallest absolute Gasteiger partial charge is 0.0410 e. The lowest BCUT2D eigenvalue weighted by atomic mass is 10.0. The van der Waals surface area contributed by atoms with Crippen molar-refractivity contribution in [3.8, 4) is 0 Å². The second-order valence-electron chi connectivity index (χ2n) is 3.33. The van der Waals surface area contributed by atoms with Crippen LogP contribution in [0.1, 0.15) is 30.9 Å². The second kappa shape index (κ2) is 8.05. The highest BCUT2D eigenvalue weighted by atomic mass is 79.9. The standard InChI is InChI=1S/C10H16BrN3.ClH/c11-9-5-8(6-14-7-9)10(13)3-1-2-4-12;/h5-7,10H,1-4,12-13H2;1H/t10-;/m0./s1. The lowest BCUT2D eigenvalue weighted by Crippen LogP contribution is -2.11. The molecule has 86 valence electrons. The Morgan fingerprint density at radius 2 is 2.07 bits per heavy atom. The van der Waals surface area contributed by atoms with E-state index < -0.39 is 0 Å². The third kappa shape index (κ3) is 5.47. The average Bonchev–Trinajstić information content (AvgIpc) is 2.18. The van der Waals surface area contributed by atoms with Crippen LogP contribution in [-0.2, 0) is 0 Å². The first-order chi connectivity index (χ1) is 6.74. The third-order valence-corrected chi connectivity index (χ3v) is 2.56. The Hall–Kier alpha value is -0.160. The molecule has 1 aromatic rings. The molecule has 0 amide bonds. The summed E-state index contributed by atoms with van der Waals surface area (Å²) in [6.07, 6.45) is 6.66. The van der Waals surface area contributed by atoms with Gasteiger partial charge in [-0.1, -0.05) is 6.42 Å². The number of hydrogen-bond acceptors (Lipinski definition) is 3. The number of halogens is 2. The lowest BCUT2D eigenvalue weighted by molar-refractivity contribution is 0.589. The second-order valence-corrected chi connectivity index (χ2v) is 4.24. The molecule has 0 saturated heterocycles. The zero-order valence-corrected chi connectivity index (χ0v) is 10.9. The Morgan fingerprint density at radius 1 is 1.33 bits per heavy atom. The largest absolute Gasteiger partial charge is 0.330 e. The van der Waals surface area contributed by atoms with Crippen LogP contribution in [0.2, 0.25) is 0 Å². The molecule has 0 aliphatic carbocycles. The van der Waals surface area contributed by atoms with E-state index >= 15 is 0 Å². The summed E-state index contributed by atoms with van der Waals surface area (Å²) < 4.78 is 0.976. The van der Waals surface area contributed by atoms with Gasteiger partial charge in [-0.2, -0.15) is 0 Å². The van der Waals surface area contributed by atoms with Gasteiger partial charge < -0.3 is 11.5 Å². The van der Waals surface area contributed by atoms with Crippen molar-refractivity contribution in [1.29, 1.82) is 0 Å². The van der Waals surface area contributed by atoms with Gasteiger partial charge in [0.1, 0.15) is 0 Å². The molecule has 15 heavy (non-hydrogen) atoms. The molecule has 0 aromatic carbocycles. The van der Waals surface area contributed by atoms with E-state index in [9.17, 15) is 0 Å². The van der Waals surface area contributed by atoms with E-state index in [1.807, 2.05) is 12.3 Å². The molecule has 3 nitrogen and oxygen atoms in total. The highest BCUT2D eigenvalue weighted by Crippen LogP contribution is 2.18. The number of pyridine rings is 1. The minimum absolute atomic E-state index is 0. The fourth-order valence-corrected chi connectivity index (χ4v) is 1.69. The minimum atomic E-state index is 0. The highest BCUT2D eigenvalue weighted by Gasteiger charge is 2.05. The van der Waals surface area contributed by atoms with Gasteiger partial charge >= 0.3 is 0 Å². The zero-order valence-electron chi connectivity index (χ0n) is 8.53. The minimum Gasteiger partial charge on any atom is -0.330 e. The first-order valence-electron chi connectivity index (χ1n) is 4.80. The first kappa shape index (κ1) is 14.8. The van der Waals surface area contributed by atoms with Crippen molar-refractivity contribution in [3.05, 3.63) is 28.5 Å². The number of hydrogen-bond donors (Lipinski definition) is 2. The summed E-state index contributed by atoms with van der Waals surface area (Å²) in [6.45, 7) is 0.740. The molecular weight excluding hydrogens is 277 g/mol. The number of nitrogens with two attached hydrogens (primary N) is 2. The van der Waals surface area contributed by atoms with Gasteiger partial charge in [0.05, 0.1) is 0 Å². The summed E-state index contributed by atoms with van der Waals surface area (Å²) in [5.74, 6) is 0. The van der Waals surface area contributed by atoms with Crippen molar-refractivity contribution in [1.82, 2.24) is 4.98 Å².